The molecule has 0 saturated carbocycles. The van der Waals surface area contributed by atoms with Crippen molar-refractivity contribution in [3.63, 3.8) is 0 Å². The van der Waals surface area contributed by atoms with Crippen LogP contribution in [-0.4, -0.2) is 25.5 Å². The molecule has 0 aliphatic carbocycles. The maximum absolute atomic E-state index is 16.7. The van der Waals surface area contributed by atoms with E-state index < -0.39 is 25.5 Å². The number of hydrogen-bond acceptors (Lipinski definition) is 2. The quantitative estimate of drug-likeness (QED) is 0.337. The Morgan fingerprint density at radius 3 is 0.966 bits per heavy atom. The molecule has 0 atom stereocenters. The number of halogens is 2. The van der Waals surface area contributed by atoms with Gasteiger partial charge in [0.1, 0.15) is 16.5 Å². The van der Waals surface area contributed by atoms with Gasteiger partial charge in [-0.25, -0.2) is 8.22 Å². The predicted octanol–water partition coefficient (Wildman–Crippen LogP) is 7.28. The van der Waals surface area contributed by atoms with Crippen molar-refractivity contribution >= 4 is 36.9 Å². The van der Waals surface area contributed by atoms with Crippen molar-refractivity contribution in [3.8, 4) is 0 Å². The van der Waals surface area contributed by atoms with Gasteiger partial charge in [-0.15, -0.1) is 0 Å². The highest BCUT2D eigenvalue weighted by Gasteiger charge is 2.59. The van der Waals surface area contributed by atoms with E-state index in [1.54, 1.807) is 8.46 Å². The molecule has 0 spiro atoms. The summed E-state index contributed by atoms with van der Waals surface area (Å²) in [6, 6.07) is 11.8. The van der Waals surface area contributed by atoms with Crippen molar-refractivity contribution in [3.05, 3.63) is 58.7 Å². The summed E-state index contributed by atoms with van der Waals surface area (Å²) in [6.45, 7) is 20.1. The van der Waals surface area contributed by atoms with Crippen LogP contribution < -0.4 is 8.46 Å². The van der Waals surface area contributed by atoms with Gasteiger partial charge in [-0.1, -0.05) is 51.4 Å². The average molecular weight is 451 g/mol. The summed E-state index contributed by atoms with van der Waals surface area (Å²) >= 11 is 0. The second kappa shape index (κ2) is 8.00. The van der Waals surface area contributed by atoms with Crippen molar-refractivity contribution in [2.24, 2.45) is 0 Å². The first-order valence-electron chi connectivity index (χ1n) is 10.2. The molecule has 0 saturated heterocycles. The molecular formula is C22H36F2N2Si3. The Morgan fingerprint density at radius 1 is 0.517 bits per heavy atom. The third kappa shape index (κ3) is 5.38. The zero-order valence-corrected chi connectivity index (χ0v) is 22.6. The molecule has 0 bridgehead atoms. The lowest BCUT2D eigenvalue weighted by Gasteiger charge is -2.49. The minimum Gasteiger partial charge on any atom is -0.359 e. The molecule has 2 aromatic rings. The highest BCUT2D eigenvalue weighted by molar-refractivity contribution is 7.04. The second-order valence-corrected chi connectivity index (χ2v) is 22.6. The van der Waals surface area contributed by atoms with Crippen LogP contribution in [0, 0.1) is 27.7 Å². The SMILES string of the molecule is Cc1cc(C)cc(N([Si](C)(C)C)[Si](F)(F)N(c2cc(C)cc(C)c2)[Si](C)(C)C)c1. The smallest absolute Gasteiger partial charge is 0.359 e. The second-order valence-electron chi connectivity index (χ2n) is 10.2. The average Bonchev–Trinajstić information content (AvgIpc) is 2.40. The minimum atomic E-state index is -5.02. The first-order valence-corrected chi connectivity index (χ1v) is 18.7. The monoisotopic (exact) mass is 450 g/mol. The van der Waals surface area contributed by atoms with E-state index in [-0.39, 0.29) is 0 Å². The van der Waals surface area contributed by atoms with E-state index in [9.17, 15) is 0 Å². The molecule has 0 N–H and O–H groups in total. The van der Waals surface area contributed by atoms with Gasteiger partial charge in [0.25, 0.3) is 0 Å². The number of hydrogen-bond donors (Lipinski definition) is 0. The summed E-state index contributed by atoms with van der Waals surface area (Å²) in [5.74, 6) is 0. The lowest BCUT2D eigenvalue weighted by molar-refractivity contribution is 0.599. The number of anilines is 2. The van der Waals surface area contributed by atoms with Gasteiger partial charge in [0, 0.05) is 11.4 Å². The Balaban J connectivity index is 2.77. The van der Waals surface area contributed by atoms with E-state index in [1.165, 1.54) is 0 Å². The highest BCUT2D eigenvalue weighted by Crippen LogP contribution is 2.39. The number of benzene rings is 2. The Bertz CT molecular complexity index is 775. The van der Waals surface area contributed by atoms with Gasteiger partial charge >= 0.3 is 9.06 Å². The van der Waals surface area contributed by atoms with E-state index in [0.717, 1.165) is 22.3 Å². The highest BCUT2D eigenvalue weighted by atomic mass is 28.5. The first kappa shape index (κ1) is 23.8. The Hall–Kier alpha value is -1.45. The third-order valence-corrected chi connectivity index (χ3v) is 15.2. The predicted molar refractivity (Wildman–Crippen MR) is 131 cm³/mol. The zero-order chi connectivity index (χ0) is 22.4. The van der Waals surface area contributed by atoms with Crippen molar-refractivity contribution in [1.29, 1.82) is 0 Å². The molecule has 2 aromatic carbocycles. The van der Waals surface area contributed by atoms with Crippen LogP contribution in [0.2, 0.25) is 39.3 Å². The largest absolute Gasteiger partial charge is 0.650 e. The van der Waals surface area contributed by atoms with E-state index in [1.807, 2.05) is 103 Å². The van der Waals surface area contributed by atoms with Crippen LogP contribution in [0.4, 0.5) is 19.6 Å². The normalized spacial score (nSPS) is 12.8. The molecule has 0 unspecified atom stereocenters. The van der Waals surface area contributed by atoms with E-state index in [0.29, 0.717) is 11.4 Å². The number of nitrogens with zero attached hydrogens (tertiary/aromatic N) is 2. The zero-order valence-electron chi connectivity index (χ0n) is 19.6. The lowest BCUT2D eigenvalue weighted by atomic mass is 10.1. The summed E-state index contributed by atoms with van der Waals surface area (Å²) in [5, 5.41) is 0. The van der Waals surface area contributed by atoms with Crippen molar-refractivity contribution in [2.75, 3.05) is 8.46 Å². The molecule has 7 heteroatoms. The molecule has 2 rings (SSSR count). The van der Waals surface area contributed by atoms with Crippen LogP contribution in [0.15, 0.2) is 36.4 Å². The van der Waals surface area contributed by atoms with E-state index >= 15 is 8.22 Å². The topological polar surface area (TPSA) is 6.48 Å². The van der Waals surface area contributed by atoms with Gasteiger partial charge in [-0.3, -0.25) is 0 Å². The minimum absolute atomic E-state index is 0.672. The molecule has 0 aromatic heterocycles. The Morgan fingerprint density at radius 2 is 0.759 bits per heavy atom. The fourth-order valence-corrected chi connectivity index (χ4v) is 14.4. The molecule has 0 aliphatic heterocycles. The molecule has 160 valence electrons. The van der Waals surface area contributed by atoms with Crippen LogP contribution in [0.3, 0.4) is 0 Å². The molecule has 2 nitrogen and oxygen atoms in total. The molecule has 0 aliphatic rings. The lowest BCUT2D eigenvalue weighted by Crippen LogP contribution is -2.73. The fraction of sp³-hybridized carbons (Fsp3) is 0.455. The van der Waals surface area contributed by atoms with Crippen LogP contribution >= 0.6 is 0 Å². The number of aryl methyl sites for hydroxylation is 4. The van der Waals surface area contributed by atoms with Crippen molar-refractivity contribution < 1.29 is 8.22 Å². The fourth-order valence-electron chi connectivity index (χ4n) is 4.15. The third-order valence-electron chi connectivity index (χ3n) is 4.81. The summed E-state index contributed by atoms with van der Waals surface area (Å²) in [5.41, 5.74) is 5.45. The maximum Gasteiger partial charge on any atom is 0.650 e. The van der Waals surface area contributed by atoms with Crippen LogP contribution in [-0.2, 0) is 0 Å². The summed E-state index contributed by atoms with van der Waals surface area (Å²) in [6.07, 6.45) is 0. The maximum atomic E-state index is 16.7. The number of rotatable bonds is 6. The van der Waals surface area contributed by atoms with Gasteiger partial charge < -0.3 is 8.46 Å². The van der Waals surface area contributed by atoms with Gasteiger partial charge in [0.15, 0.2) is 0 Å². The molecule has 0 heterocycles. The van der Waals surface area contributed by atoms with Crippen molar-refractivity contribution in [1.82, 2.24) is 0 Å². The van der Waals surface area contributed by atoms with Crippen molar-refractivity contribution in [2.45, 2.75) is 67.0 Å². The molecule has 0 fully saturated rings. The van der Waals surface area contributed by atoms with Gasteiger partial charge in [0.2, 0.25) is 0 Å². The first-order chi connectivity index (χ1) is 13.0. The van der Waals surface area contributed by atoms with Gasteiger partial charge in [0.05, 0.1) is 0 Å². The summed E-state index contributed by atoms with van der Waals surface area (Å²) in [4.78, 5) is 0. The Labute approximate surface area is 179 Å². The molecule has 0 amide bonds. The molecule has 29 heavy (non-hydrogen) atoms. The van der Waals surface area contributed by atoms with Gasteiger partial charge in [-0.2, -0.15) is 0 Å². The Kier molecular flexibility index (Phi) is 6.57. The van der Waals surface area contributed by atoms with Gasteiger partial charge in [-0.05, 0) is 74.2 Å². The standard InChI is InChI=1S/C22H36F2N2Si3/c1-17-11-18(2)14-21(13-17)25(27(5,6)7)29(23,24)26(28(8,9)10)22-15-19(3)12-20(4)16-22/h11-16H,1-10H3. The summed E-state index contributed by atoms with van der Waals surface area (Å²) in [7, 11) is -9.79. The van der Waals surface area contributed by atoms with Crippen LogP contribution in [0.25, 0.3) is 0 Å². The molecular weight excluding hydrogens is 415 g/mol. The summed E-state index contributed by atoms with van der Waals surface area (Å²) < 4.78 is 36.5. The molecule has 0 radical (unpaired) electrons. The van der Waals surface area contributed by atoms with Crippen LogP contribution in [0.5, 0.6) is 0 Å². The van der Waals surface area contributed by atoms with Crippen LogP contribution in [0.1, 0.15) is 22.3 Å². The van der Waals surface area contributed by atoms with E-state index in [4.69, 9.17) is 0 Å². The van der Waals surface area contributed by atoms with E-state index in [2.05, 4.69) is 0 Å².